The maximum Gasteiger partial charge on any atom is 0.151 e. The average molecular weight is 228 g/mol. The lowest BCUT2D eigenvalue weighted by molar-refractivity contribution is 0.828. The third-order valence-electron chi connectivity index (χ3n) is 2.64. The molecule has 88 valence electrons. The number of nitrogens with zero attached hydrogens (tertiary/aromatic N) is 4. The van der Waals surface area contributed by atoms with Crippen LogP contribution in [0.3, 0.4) is 0 Å². The molecule has 1 heterocycles. The van der Waals surface area contributed by atoms with Crippen LogP contribution >= 0.6 is 0 Å². The highest BCUT2D eigenvalue weighted by molar-refractivity contribution is 5.86. The molecule has 0 aliphatic rings. The predicted octanol–water partition coefficient (Wildman–Crippen LogP) is 3.12. The van der Waals surface area contributed by atoms with Crippen LogP contribution in [0.25, 0.3) is 16.9 Å². The van der Waals surface area contributed by atoms with Crippen LogP contribution in [0.15, 0.2) is 35.3 Å². The number of aromatic nitrogens is 3. The number of para-hydroxylation sites is 1. The summed E-state index contributed by atoms with van der Waals surface area (Å²) in [5.74, 6) is 0.818. The van der Waals surface area contributed by atoms with Crippen LogP contribution in [-0.2, 0) is 0 Å². The largest absolute Gasteiger partial charge is 0.239 e. The van der Waals surface area contributed by atoms with E-state index in [-0.39, 0.29) is 0 Å². The second-order valence-electron chi connectivity index (χ2n) is 3.84. The first-order valence-corrected chi connectivity index (χ1v) is 5.77. The Bertz CT molecular complexity index is 578. The van der Waals surface area contributed by atoms with Gasteiger partial charge in [-0.3, -0.25) is 0 Å². The van der Waals surface area contributed by atoms with Gasteiger partial charge in [0.05, 0.1) is 5.52 Å². The molecule has 0 aliphatic heterocycles. The summed E-state index contributed by atoms with van der Waals surface area (Å²) in [5, 5.41) is 8.27. The van der Waals surface area contributed by atoms with E-state index in [0.717, 1.165) is 29.0 Å². The van der Waals surface area contributed by atoms with Crippen molar-refractivity contribution in [2.75, 3.05) is 0 Å². The highest BCUT2D eigenvalue weighted by Crippen LogP contribution is 2.15. The van der Waals surface area contributed by atoms with Crippen LogP contribution in [0.5, 0.6) is 0 Å². The smallest absolute Gasteiger partial charge is 0.151 e. The summed E-state index contributed by atoms with van der Waals surface area (Å²) in [6.45, 7) is 6.06. The van der Waals surface area contributed by atoms with Crippen LogP contribution in [-0.4, -0.2) is 20.7 Å². The van der Waals surface area contributed by atoms with Crippen LogP contribution in [0.2, 0.25) is 0 Å². The Morgan fingerprint density at radius 2 is 2.18 bits per heavy atom. The minimum Gasteiger partial charge on any atom is -0.239 e. The van der Waals surface area contributed by atoms with Crippen molar-refractivity contribution in [2.24, 2.45) is 4.99 Å². The lowest BCUT2D eigenvalue weighted by atomic mass is 10.3. The molecule has 0 saturated carbocycles. The molecule has 4 heteroatoms. The molecule has 0 unspecified atom stereocenters. The maximum atomic E-state index is 4.54. The first-order chi connectivity index (χ1) is 8.26. The molecular formula is C13H16N4. The van der Waals surface area contributed by atoms with Gasteiger partial charge in [-0.2, -0.15) is 4.68 Å². The van der Waals surface area contributed by atoms with Gasteiger partial charge in [0.2, 0.25) is 0 Å². The Balaban J connectivity index is 2.52. The van der Waals surface area contributed by atoms with E-state index in [1.165, 1.54) is 0 Å². The molecule has 0 amide bonds. The number of rotatable bonds is 3. The fourth-order valence-electron chi connectivity index (χ4n) is 1.55. The summed E-state index contributed by atoms with van der Waals surface area (Å²) in [4.78, 5) is 4.54. The molecule has 0 atom stereocenters. The molecule has 2 rings (SSSR count). The number of fused-ring (bicyclic) bond motifs is 1. The van der Waals surface area contributed by atoms with Gasteiger partial charge in [0.1, 0.15) is 5.52 Å². The molecule has 2 aromatic rings. The van der Waals surface area contributed by atoms with Crippen LogP contribution in [0, 0.1) is 0 Å². The molecular weight excluding hydrogens is 212 g/mol. The van der Waals surface area contributed by atoms with Crippen LogP contribution in [0.1, 0.15) is 27.2 Å². The van der Waals surface area contributed by atoms with E-state index in [1.54, 1.807) is 4.68 Å². The van der Waals surface area contributed by atoms with E-state index in [4.69, 9.17) is 0 Å². The zero-order chi connectivity index (χ0) is 12.3. The van der Waals surface area contributed by atoms with Crippen molar-refractivity contribution in [3.05, 3.63) is 30.3 Å². The first-order valence-electron chi connectivity index (χ1n) is 5.77. The molecule has 0 N–H and O–H groups in total. The number of aliphatic imine (C=N–C) groups is 1. The second-order valence-corrected chi connectivity index (χ2v) is 3.84. The highest BCUT2D eigenvalue weighted by Gasteiger charge is 2.06. The molecule has 0 bridgehead atoms. The summed E-state index contributed by atoms with van der Waals surface area (Å²) in [6, 6.07) is 7.88. The third-order valence-corrected chi connectivity index (χ3v) is 2.64. The molecule has 1 aromatic carbocycles. The quantitative estimate of drug-likeness (QED) is 0.757. The first kappa shape index (κ1) is 11.5. The molecule has 0 saturated heterocycles. The van der Waals surface area contributed by atoms with Crippen LogP contribution < -0.4 is 0 Å². The Hall–Kier alpha value is -1.97. The molecule has 4 nitrogen and oxygen atoms in total. The average Bonchev–Trinajstić information content (AvgIpc) is 2.79. The maximum absolute atomic E-state index is 4.54. The zero-order valence-electron chi connectivity index (χ0n) is 10.4. The van der Waals surface area contributed by atoms with E-state index >= 15 is 0 Å². The highest BCUT2D eigenvalue weighted by atomic mass is 15.5. The lowest BCUT2D eigenvalue weighted by Crippen LogP contribution is -2.00. The Morgan fingerprint density at radius 3 is 2.88 bits per heavy atom. The van der Waals surface area contributed by atoms with E-state index in [0.29, 0.717) is 0 Å². The van der Waals surface area contributed by atoms with Gasteiger partial charge in [-0.25, -0.2) is 4.99 Å². The van der Waals surface area contributed by atoms with Gasteiger partial charge in [0.15, 0.2) is 5.82 Å². The van der Waals surface area contributed by atoms with E-state index in [9.17, 15) is 0 Å². The number of hydrogen-bond donors (Lipinski definition) is 0. The molecule has 0 fully saturated rings. The van der Waals surface area contributed by atoms with Crippen LogP contribution in [0.4, 0.5) is 0 Å². The van der Waals surface area contributed by atoms with Gasteiger partial charge in [-0.15, -0.1) is 5.10 Å². The number of benzene rings is 1. The van der Waals surface area contributed by atoms with E-state index in [1.807, 2.05) is 44.2 Å². The van der Waals surface area contributed by atoms with E-state index in [2.05, 4.69) is 22.2 Å². The monoisotopic (exact) mass is 228 g/mol. The van der Waals surface area contributed by atoms with Gasteiger partial charge in [-0.1, -0.05) is 24.3 Å². The van der Waals surface area contributed by atoms with Crippen molar-refractivity contribution in [2.45, 2.75) is 27.2 Å². The van der Waals surface area contributed by atoms with E-state index < -0.39 is 0 Å². The summed E-state index contributed by atoms with van der Waals surface area (Å²) in [7, 11) is 0. The molecule has 1 aromatic heterocycles. The fraction of sp³-hybridized carbons (Fsp3) is 0.308. The molecule has 0 radical (unpaired) electrons. The van der Waals surface area contributed by atoms with Crippen molar-refractivity contribution < 1.29 is 0 Å². The molecule has 0 spiro atoms. The summed E-state index contributed by atoms with van der Waals surface area (Å²) in [5.41, 5.74) is 2.95. The Labute approximate surface area is 101 Å². The van der Waals surface area contributed by atoms with Crippen molar-refractivity contribution in [1.82, 2.24) is 15.0 Å². The standard InChI is InChI=1S/C13H16N4/c1-4-10(3)14-13(5-2)17-12-9-7-6-8-11(12)15-16-17/h5-9H,4H2,1-3H3/b13-5+,14-10?. The van der Waals surface area contributed by atoms with Crippen molar-refractivity contribution in [1.29, 1.82) is 0 Å². The van der Waals surface area contributed by atoms with Gasteiger partial charge in [0, 0.05) is 5.71 Å². The van der Waals surface area contributed by atoms with Gasteiger partial charge in [0.25, 0.3) is 0 Å². The fourth-order valence-corrected chi connectivity index (χ4v) is 1.55. The Kier molecular flexibility index (Phi) is 3.32. The SMILES string of the molecule is C/C=C(\N=C(C)CC)n1nnc2ccccc21. The van der Waals surface area contributed by atoms with Gasteiger partial charge < -0.3 is 0 Å². The van der Waals surface area contributed by atoms with Gasteiger partial charge >= 0.3 is 0 Å². The Morgan fingerprint density at radius 1 is 1.41 bits per heavy atom. The molecule has 17 heavy (non-hydrogen) atoms. The normalized spacial score (nSPS) is 13.4. The number of hydrogen-bond acceptors (Lipinski definition) is 3. The van der Waals surface area contributed by atoms with Crippen molar-refractivity contribution in [3.63, 3.8) is 0 Å². The van der Waals surface area contributed by atoms with Crippen molar-refractivity contribution >= 4 is 22.6 Å². The topological polar surface area (TPSA) is 43.1 Å². The number of allylic oxidation sites excluding steroid dienone is 1. The van der Waals surface area contributed by atoms with Crippen molar-refractivity contribution in [3.8, 4) is 0 Å². The minimum absolute atomic E-state index is 0.818. The van der Waals surface area contributed by atoms with Gasteiger partial charge in [-0.05, 0) is 38.5 Å². The zero-order valence-corrected chi connectivity index (χ0v) is 10.4. The summed E-state index contributed by atoms with van der Waals surface area (Å²) in [6.07, 6.45) is 2.88. The summed E-state index contributed by atoms with van der Waals surface area (Å²) >= 11 is 0. The third kappa shape index (κ3) is 2.25. The minimum atomic E-state index is 0.818. The predicted molar refractivity (Wildman–Crippen MR) is 70.9 cm³/mol. The lowest BCUT2D eigenvalue weighted by Gasteiger charge is -2.03. The second kappa shape index (κ2) is 4.91. The summed E-state index contributed by atoms with van der Waals surface area (Å²) < 4.78 is 1.77. The molecule has 0 aliphatic carbocycles.